The van der Waals surface area contributed by atoms with Crippen LogP contribution in [0, 0.1) is 13.8 Å². The molecule has 1 aliphatic heterocycles. The molecule has 1 N–H and O–H groups in total. The summed E-state index contributed by atoms with van der Waals surface area (Å²) in [7, 11) is 0. The lowest BCUT2D eigenvalue weighted by Gasteiger charge is -2.22. The Morgan fingerprint density at radius 3 is 2.52 bits per heavy atom. The predicted octanol–water partition coefficient (Wildman–Crippen LogP) is 5.54. The van der Waals surface area contributed by atoms with Crippen LogP contribution in [0.15, 0.2) is 62.6 Å². The molecule has 7 nitrogen and oxygen atoms in total. The number of para-hydroxylation sites is 1. The van der Waals surface area contributed by atoms with Crippen molar-refractivity contribution >= 4 is 50.0 Å². The van der Waals surface area contributed by atoms with Crippen LogP contribution >= 0.6 is 22.9 Å². The van der Waals surface area contributed by atoms with Crippen molar-refractivity contribution < 1.29 is 23.5 Å². The number of thiazole rings is 1. The third kappa shape index (κ3) is 3.07. The van der Waals surface area contributed by atoms with Gasteiger partial charge in [0.1, 0.15) is 28.8 Å². The van der Waals surface area contributed by atoms with Crippen LogP contribution in [0.5, 0.6) is 0 Å². The summed E-state index contributed by atoms with van der Waals surface area (Å²) in [5, 5.41) is 11.5. The van der Waals surface area contributed by atoms with Crippen molar-refractivity contribution in [2.45, 2.75) is 19.9 Å². The molecule has 156 valence electrons. The predicted molar refractivity (Wildman–Crippen MR) is 116 cm³/mol. The maximum absolute atomic E-state index is 13.2. The van der Waals surface area contributed by atoms with Crippen molar-refractivity contribution in [3.05, 3.63) is 81.9 Å². The van der Waals surface area contributed by atoms with Crippen LogP contribution in [-0.4, -0.2) is 21.8 Å². The first-order valence-electron chi connectivity index (χ1n) is 9.34. The molecule has 9 heteroatoms. The number of aliphatic hydroxyl groups excluding tert-OH is 1. The molecular weight excluding hydrogens is 440 g/mol. The van der Waals surface area contributed by atoms with Crippen LogP contribution in [0.25, 0.3) is 10.2 Å². The molecule has 1 aliphatic rings. The summed E-state index contributed by atoms with van der Waals surface area (Å²) in [6.07, 6.45) is 0. The molecule has 1 amide bonds. The fraction of sp³-hybridized carbons (Fsp3) is 0.136. The van der Waals surface area contributed by atoms with E-state index in [1.807, 2.05) is 6.07 Å². The average Bonchev–Trinajstić information content (AvgIpc) is 3.49. The maximum Gasteiger partial charge on any atom is 0.296 e. The van der Waals surface area contributed by atoms with E-state index in [9.17, 15) is 14.7 Å². The van der Waals surface area contributed by atoms with Gasteiger partial charge in [-0.1, -0.05) is 29.0 Å². The summed E-state index contributed by atoms with van der Waals surface area (Å²) in [4.78, 5) is 32.1. The number of carbonyl (C=O) groups excluding carboxylic acids is 2. The van der Waals surface area contributed by atoms with Gasteiger partial charge in [0.05, 0.1) is 15.3 Å². The van der Waals surface area contributed by atoms with E-state index in [1.54, 1.807) is 44.2 Å². The number of carbonyl (C=O) groups is 2. The number of ketones is 1. The third-order valence-corrected chi connectivity index (χ3v) is 6.34. The van der Waals surface area contributed by atoms with Gasteiger partial charge in [-0.2, -0.15) is 0 Å². The Balaban J connectivity index is 1.68. The molecule has 0 bridgehead atoms. The normalized spacial score (nSPS) is 16.7. The standard InChI is InChI=1S/C22H15ClN2O5S/c1-10-6-8-13(29-10)18-16(19(26)14-9-7-11(2)30-14)20(27)21(28)25(18)22-24-17-12(23)4-3-5-15(17)31-22/h3-9,18,27H,1-2H3. The number of fused-ring (bicyclic) bond motifs is 1. The molecule has 0 saturated carbocycles. The van der Waals surface area contributed by atoms with Gasteiger partial charge in [0.25, 0.3) is 5.91 Å². The Morgan fingerprint density at radius 2 is 1.87 bits per heavy atom. The minimum Gasteiger partial charge on any atom is -0.503 e. The molecule has 1 unspecified atom stereocenters. The van der Waals surface area contributed by atoms with E-state index in [2.05, 4.69) is 4.98 Å². The number of benzene rings is 1. The van der Waals surface area contributed by atoms with Crippen molar-refractivity contribution in [3.8, 4) is 0 Å². The van der Waals surface area contributed by atoms with Crippen molar-refractivity contribution in [1.29, 1.82) is 0 Å². The van der Waals surface area contributed by atoms with Crippen molar-refractivity contribution in [3.63, 3.8) is 0 Å². The van der Waals surface area contributed by atoms with Crippen molar-refractivity contribution in [1.82, 2.24) is 4.98 Å². The third-order valence-electron chi connectivity index (χ3n) is 5.01. The van der Waals surface area contributed by atoms with Gasteiger partial charge in [-0.15, -0.1) is 0 Å². The molecular formula is C22H15ClN2O5S. The molecule has 0 radical (unpaired) electrons. The average molecular weight is 455 g/mol. The van der Waals surface area contributed by atoms with Crippen LogP contribution < -0.4 is 4.90 Å². The number of anilines is 1. The molecule has 3 aromatic heterocycles. The van der Waals surface area contributed by atoms with E-state index in [0.717, 1.165) is 4.70 Å². The van der Waals surface area contributed by atoms with E-state index in [0.29, 0.717) is 27.8 Å². The summed E-state index contributed by atoms with van der Waals surface area (Å²) >= 11 is 7.48. The first-order valence-corrected chi connectivity index (χ1v) is 10.5. The van der Waals surface area contributed by atoms with Gasteiger partial charge in [-0.05, 0) is 50.2 Å². The molecule has 5 rings (SSSR count). The van der Waals surface area contributed by atoms with Crippen molar-refractivity contribution in [2.24, 2.45) is 0 Å². The molecule has 31 heavy (non-hydrogen) atoms. The zero-order valence-corrected chi connectivity index (χ0v) is 18.0. The number of aryl methyl sites for hydroxylation is 2. The van der Waals surface area contributed by atoms with E-state index < -0.39 is 23.5 Å². The van der Waals surface area contributed by atoms with Crippen LogP contribution in [0.1, 0.15) is 33.9 Å². The Morgan fingerprint density at radius 1 is 1.13 bits per heavy atom. The largest absolute Gasteiger partial charge is 0.503 e. The Hall–Kier alpha value is -3.36. The molecule has 0 saturated heterocycles. The van der Waals surface area contributed by atoms with Gasteiger partial charge in [-0.25, -0.2) is 4.98 Å². The smallest absolute Gasteiger partial charge is 0.296 e. The minimum absolute atomic E-state index is 0.0225. The van der Waals surface area contributed by atoms with Gasteiger partial charge in [0, 0.05) is 0 Å². The highest BCUT2D eigenvalue weighted by Gasteiger charge is 2.48. The number of hydrogen-bond donors (Lipinski definition) is 1. The Labute approximate surface area is 185 Å². The van der Waals surface area contributed by atoms with Gasteiger partial charge < -0.3 is 13.9 Å². The van der Waals surface area contributed by atoms with Gasteiger partial charge in [0.2, 0.25) is 5.78 Å². The van der Waals surface area contributed by atoms with Crippen LogP contribution in [0.2, 0.25) is 5.02 Å². The summed E-state index contributed by atoms with van der Waals surface area (Å²) in [6.45, 7) is 3.46. The topological polar surface area (TPSA) is 96.8 Å². The molecule has 1 atom stereocenters. The van der Waals surface area contributed by atoms with Crippen molar-refractivity contribution in [2.75, 3.05) is 4.90 Å². The number of amides is 1. The Bertz CT molecular complexity index is 1400. The summed E-state index contributed by atoms with van der Waals surface area (Å²) < 4.78 is 12.0. The van der Waals surface area contributed by atoms with Gasteiger partial charge in [0.15, 0.2) is 16.7 Å². The summed E-state index contributed by atoms with van der Waals surface area (Å²) in [5.74, 6) is -0.525. The second kappa shape index (κ2) is 7.11. The molecule has 0 aliphatic carbocycles. The highest BCUT2D eigenvalue weighted by atomic mass is 35.5. The fourth-order valence-electron chi connectivity index (χ4n) is 3.60. The zero-order chi connectivity index (χ0) is 21.9. The van der Waals surface area contributed by atoms with Crippen LogP contribution in [0.4, 0.5) is 5.13 Å². The lowest BCUT2D eigenvalue weighted by atomic mass is 10.00. The first-order chi connectivity index (χ1) is 14.8. The number of Topliss-reactive ketones (excluding diaryl/α,β-unsaturated/α-hetero) is 1. The molecule has 4 aromatic rings. The van der Waals surface area contributed by atoms with E-state index in [1.165, 1.54) is 22.3 Å². The maximum atomic E-state index is 13.2. The summed E-state index contributed by atoms with van der Waals surface area (Å²) in [5.41, 5.74) is 0.409. The molecule has 0 spiro atoms. The lowest BCUT2D eigenvalue weighted by Crippen LogP contribution is -2.30. The number of halogens is 1. The van der Waals surface area contributed by atoms with E-state index in [4.69, 9.17) is 20.4 Å². The zero-order valence-electron chi connectivity index (χ0n) is 16.4. The molecule has 4 heterocycles. The number of aromatic nitrogens is 1. The first kappa shape index (κ1) is 19.6. The van der Waals surface area contributed by atoms with E-state index >= 15 is 0 Å². The second-order valence-corrected chi connectivity index (χ2v) is 8.53. The number of hydrogen-bond acceptors (Lipinski definition) is 7. The Kier molecular flexibility index (Phi) is 4.49. The number of rotatable bonds is 4. The fourth-order valence-corrected chi connectivity index (χ4v) is 4.89. The van der Waals surface area contributed by atoms with Gasteiger partial charge >= 0.3 is 0 Å². The van der Waals surface area contributed by atoms with Crippen LogP contribution in [0.3, 0.4) is 0 Å². The molecule has 1 aromatic carbocycles. The lowest BCUT2D eigenvalue weighted by molar-refractivity contribution is -0.117. The molecule has 0 fully saturated rings. The number of furan rings is 2. The summed E-state index contributed by atoms with van der Waals surface area (Å²) in [6, 6.07) is 10.9. The number of aliphatic hydroxyl groups is 1. The number of nitrogens with zero attached hydrogens (tertiary/aromatic N) is 2. The van der Waals surface area contributed by atoms with E-state index in [-0.39, 0.29) is 16.5 Å². The minimum atomic E-state index is -1.00. The highest BCUT2D eigenvalue weighted by molar-refractivity contribution is 7.22. The monoisotopic (exact) mass is 454 g/mol. The highest BCUT2D eigenvalue weighted by Crippen LogP contribution is 2.45. The SMILES string of the molecule is Cc1ccc(C(=O)C2=C(O)C(=O)N(c3nc4c(Cl)cccc4s3)C2c2ccc(C)o2)o1. The second-order valence-electron chi connectivity index (χ2n) is 7.11. The van der Waals surface area contributed by atoms with Crippen LogP contribution in [-0.2, 0) is 4.79 Å². The quantitative estimate of drug-likeness (QED) is 0.407. The van der Waals surface area contributed by atoms with Gasteiger partial charge in [-0.3, -0.25) is 14.5 Å².